The fourth-order valence-corrected chi connectivity index (χ4v) is 1.95. The Hall–Kier alpha value is -2.07. The van der Waals surface area contributed by atoms with Crippen LogP contribution in [0.2, 0.25) is 0 Å². The van der Waals surface area contributed by atoms with Crippen molar-refractivity contribution in [1.29, 1.82) is 0 Å². The molecule has 0 aliphatic carbocycles. The second-order valence-electron chi connectivity index (χ2n) is 4.08. The molecule has 0 spiro atoms. The number of hydrogen-bond acceptors (Lipinski definition) is 3. The van der Waals surface area contributed by atoms with Gasteiger partial charge in [0.15, 0.2) is 0 Å². The van der Waals surface area contributed by atoms with E-state index >= 15 is 0 Å². The van der Waals surface area contributed by atoms with Gasteiger partial charge in [0, 0.05) is 0 Å². The highest BCUT2D eigenvalue weighted by molar-refractivity contribution is 7.46. The minimum Gasteiger partial charge on any atom is -0.508 e. The molecule has 104 valence electrons. The first kappa shape index (κ1) is 14.3. The van der Waals surface area contributed by atoms with E-state index in [1.807, 2.05) is 12.2 Å². The first-order chi connectivity index (χ1) is 9.42. The lowest BCUT2D eigenvalue weighted by Crippen LogP contribution is -1.89. The number of benzene rings is 2. The van der Waals surface area contributed by atoms with Crippen molar-refractivity contribution in [3.63, 3.8) is 0 Å². The third-order valence-corrected chi connectivity index (χ3v) is 2.91. The minimum absolute atomic E-state index is 0.111. The molecule has 5 nitrogen and oxygen atoms in total. The summed E-state index contributed by atoms with van der Waals surface area (Å²) in [7, 11) is -4.51. The number of hydrogen-bond donors (Lipinski definition) is 3. The van der Waals surface area contributed by atoms with Crippen LogP contribution in [0.25, 0.3) is 12.2 Å². The van der Waals surface area contributed by atoms with E-state index in [0.29, 0.717) is 0 Å². The maximum absolute atomic E-state index is 10.7. The normalized spacial score (nSPS) is 11.7. The molecule has 0 saturated heterocycles. The molecule has 0 unspecified atom stereocenters. The van der Waals surface area contributed by atoms with Crippen LogP contribution in [-0.2, 0) is 4.57 Å². The van der Waals surface area contributed by atoms with Crippen molar-refractivity contribution in [3.05, 3.63) is 59.7 Å². The number of phenolic OH excluding ortho intramolecular Hbond substituents is 1. The molecule has 0 amide bonds. The number of rotatable bonds is 4. The van der Waals surface area contributed by atoms with Crippen LogP contribution in [-0.4, -0.2) is 14.9 Å². The van der Waals surface area contributed by atoms with Crippen molar-refractivity contribution in [1.82, 2.24) is 0 Å². The van der Waals surface area contributed by atoms with Gasteiger partial charge in [0.05, 0.1) is 0 Å². The first-order valence-corrected chi connectivity index (χ1v) is 7.28. The van der Waals surface area contributed by atoms with Gasteiger partial charge in [-0.1, -0.05) is 36.4 Å². The second-order valence-corrected chi connectivity index (χ2v) is 5.24. The van der Waals surface area contributed by atoms with Crippen LogP contribution in [0.3, 0.4) is 0 Å². The van der Waals surface area contributed by atoms with Gasteiger partial charge >= 0.3 is 7.82 Å². The van der Waals surface area contributed by atoms with Crippen molar-refractivity contribution in [2.24, 2.45) is 0 Å². The van der Waals surface area contributed by atoms with Gasteiger partial charge in [-0.3, -0.25) is 9.79 Å². The maximum atomic E-state index is 10.7. The molecule has 0 fully saturated rings. The van der Waals surface area contributed by atoms with Gasteiger partial charge in [0.1, 0.15) is 11.5 Å². The van der Waals surface area contributed by atoms with Gasteiger partial charge in [-0.25, -0.2) is 4.57 Å². The molecule has 0 aliphatic rings. The summed E-state index contributed by atoms with van der Waals surface area (Å²) >= 11 is 0. The highest BCUT2D eigenvalue weighted by atomic mass is 31.2. The Morgan fingerprint density at radius 1 is 0.850 bits per heavy atom. The van der Waals surface area contributed by atoms with Gasteiger partial charge in [0.25, 0.3) is 0 Å². The summed E-state index contributed by atoms with van der Waals surface area (Å²) in [4.78, 5) is 17.3. The average Bonchev–Trinajstić information content (AvgIpc) is 2.38. The zero-order valence-corrected chi connectivity index (χ0v) is 11.3. The fourth-order valence-electron chi connectivity index (χ4n) is 1.55. The average molecular weight is 292 g/mol. The smallest absolute Gasteiger partial charge is 0.508 e. The lowest BCUT2D eigenvalue weighted by atomic mass is 10.1. The van der Waals surface area contributed by atoms with Crippen LogP contribution < -0.4 is 4.52 Å². The van der Waals surface area contributed by atoms with E-state index in [9.17, 15) is 4.57 Å². The number of phosphoric ester groups is 1. The van der Waals surface area contributed by atoms with Crippen LogP contribution in [0.5, 0.6) is 11.5 Å². The zero-order valence-electron chi connectivity index (χ0n) is 10.4. The predicted octanol–water partition coefficient (Wildman–Crippen LogP) is 3.03. The van der Waals surface area contributed by atoms with Gasteiger partial charge in [-0.2, -0.15) is 0 Å². The van der Waals surface area contributed by atoms with E-state index in [4.69, 9.17) is 14.9 Å². The molecule has 0 saturated carbocycles. The van der Waals surface area contributed by atoms with Gasteiger partial charge < -0.3 is 9.63 Å². The summed E-state index contributed by atoms with van der Waals surface area (Å²) < 4.78 is 15.1. The van der Waals surface area contributed by atoms with Crippen molar-refractivity contribution < 1.29 is 24.0 Å². The molecular formula is C14H13O5P. The zero-order chi connectivity index (χ0) is 14.6. The lowest BCUT2D eigenvalue weighted by molar-refractivity contribution is 0.283. The summed E-state index contributed by atoms with van der Waals surface area (Å²) in [6.07, 6.45) is 3.70. The molecule has 3 N–H and O–H groups in total. The van der Waals surface area contributed by atoms with Crippen molar-refractivity contribution >= 4 is 20.0 Å². The topological polar surface area (TPSA) is 87.0 Å². The third-order valence-electron chi connectivity index (χ3n) is 2.47. The molecule has 6 heteroatoms. The Morgan fingerprint density at radius 2 is 1.30 bits per heavy atom. The Labute approximate surface area is 116 Å². The summed E-state index contributed by atoms with van der Waals surface area (Å²) in [6.45, 7) is 0. The molecule has 0 bridgehead atoms. The van der Waals surface area contributed by atoms with Gasteiger partial charge in [-0.15, -0.1) is 0 Å². The van der Waals surface area contributed by atoms with E-state index in [2.05, 4.69) is 4.52 Å². The minimum atomic E-state index is -4.51. The Kier molecular flexibility index (Phi) is 4.25. The van der Waals surface area contributed by atoms with E-state index in [-0.39, 0.29) is 11.5 Å². The highest BCUT2D eigenvalue weighted by Crippen LogP contribution is 2.37. The van der Waals surface area contributed by atoms with Crippen molar-refractivity contribution in [2.45, 2.75) is 0 Å². The third kappa shape index (κ3) is 4.55. The van der Waals surface area contributed by atoms with Gasteiger partial charge in [-0.05, 0) is 35.4 Å². The summed E-state index contributed by atoms with van der Waals surface area (Å²) in [5, 5.41) is 9.16. The van der Waals surface area contributed by atoms with E-state index in [1.165, 1.54) is 12.1 Å². The molecule has 2 aromatic carbocycles. The second kappa shape index (κ2) is 5.92. The van der Waals surface area contributed by atoms with Crippen LogP contribution >= 0.6 is 7.82 Å². The lowest BCUT2D eigenvalue weighted by Gasteiger charge is -2.06. The molecule has 0 aromatic heterocycles. The van der Waals surface area contributed by atoms with Crippen LogP contribution in [0, 0.1) is 0 Å². The van der Waals surface area contributed by atoms with Gasteiger partial charge in [0.2, 0.25) is 0 Å². The number of phenols is 1. The van der Waals surface area contributed by atoms with Crippen LogP contribution in [0.4, 0.5) is 0 Å². The largest absolute Gasteiger partial charge is 0.524 e. The van der Waals surface area contributed by atoms with Crippen molar-refractivity contribution in [2.75, 3.05) is 0 Å². The maximum Gasteiger partial charge on any atom is 0.524 e. The summed E-state index contributed by atoms with van der Waals surface area (Å²) in [5.74, 6) is 0.321. The number of phosphoric acid groups is 1. The molecule has 2 rings (SSSR count). The summed E-state index contributed by atoms with van der Waals surface area (Å²) in [5.41, 5.74) is 1.79. The van der Waals surface area contributed by atoms with Crippen LogP contribution in [0.1, 0.15) is 11.1 Å². The standard InChI is InChI=1S/C14H13O5P/c15-13-7-3-11(4-8-13)1-2-12-5-9-14(10-6-12)19-20(16,17)18/h1-10,15H,(H2,16,17,18). The molecular weight excluding hydrogens is 279 g/mol. The molecule has 0 radical (unpaired) electrons. The Bertz CT molecular complexity index is 640. The highest BCUT2D eigenvalue weighted by Gasteiger charge is 2.15. The molecule has 2 aromatic rings. The predicted molar refractivity (Wildman–Crippen MR) is 76.1 cm³/mol. The molecule has 0 aliphatic heterocycles. The molecule has 0 atom stereocenters. The monoisotopic (exact) mass is 292 g/mol. The Balaban J connectivity index is 2.07. The van der Waals surface area contributed by atoms with E-state index < -0.39 is 7.82 Å². The first-order valence-electron chi connectivity index (χ1n) is 5.75. The number of aromatic hydroxyl groups is 1. The van der Waals surface area contributed by atoms with E-state index in [1.54, 1.807) is 36.4 Å². The quantitative estimate of drug-likeness (QED) is 0.595. The van der Waals surface area contributed by atoms with Crippen LogP contribution in [0.15, 0.2) is 48.5 Å². The molecule has 0 heterocycles. The van der Waals surface area contributed by atoms with E-state index in [0.717, 1.165) is 11.1 Å². The Morgan fingerprint density at radius 3 is 1.75 bits per heavy atom. The van der Waals surface area contributed by atoms with Crippen molar-refractivity contribution in [3.8, 4) is 11.5 Å². The summed E-state index contributed by atoms with van der Waals surface area (Å²) in [6, 6.07) is 13.1. The fraction of sp³-hybridized carbons (Fsp3) is 0. The molecule has 20 heavy (non-hydrogen) atoms. The SMILES string of the molecule is O=P(O)(O)Oc1ccc(C=Cc2ccc(O)cc2)cc1.